The number of benzene rings is 1. The van der Waals surface area contributed by atoms with Crippen molar-refractivity contribution in [3.05, 3.63) is 53.4 Å². The van der Waals surface area contributed by atoms with Gasteiger partial charge in [-0.1, -0.05) is 23.7 Å². The molecule has 1 aromatic carbocycles. The number of carbonyl (C=O) groups is 3. The lowest BCUT2D eigenvalue weighted by molar-refractivity contribution is -0.137. The minimum absolute atomic E-state index is 0.00157. The Morgan fingerprint density at radius 3 is 2.34 bits per heavy atom. The number of aromatic nitrogens is 1. The molecule has 3 amide bonds. The molecule has 1 aliphatic rings. The first-order valence-corrected chi connectivity index (χ1v) is 12.3. The highest BCUT2D eigenvalue weighted by Gasteiger charge is 2.33. The number of rotatable bonds is 7. The number of pyridine rings is 1. The van der Waals surface area contributed by atoms with Gasteiger partial charge >= 0.3 is 0 Å². The summed E-state index contributed by atoms with van der Waals surface area (Å²) in [5.41, 5.74) is 0.823. The molecule has 2 heterocycles. The number of fused-ring (bicyclic) bond motifs is 1. The first kappa shape index (κ1) is 24.7. The van der Waals surface area contributed by atoms with Gasteiger partial charge < -0.3 is 20.0 Å². The van der Waals surface area contributed by atoms with E-state index in [2.05, 4.69) is 15.6 Å². The number of para-hydroxylation sites is 1. The van der Waals surface area contributed by atoms with Crippen LogP contribution in [0.15, 0.2) is 47.0 Å². The summed E-state index contributed by atoms with van der Waals surface area (Å²) in [6.45, 7) is 5.35. The highest BCUT2D eigenvalue weighted by molar-refractivity contribution is 6.30. The van der Waals surface area contributed by atoms with Gasteiger partial charge in [0.1, 0.15) is 17.1 Å². The van der Waals surface area contributed by atoms with E-state index in [4.69, 9.17) is 16.0 Å². The van der Waals surface area contributed by atoms with Crippen molar-refractivity contribution < 1.29 is 18.8 Å². The van der Waals surface area contributed by atoms with Gasteiger partial charge in [0.05, 0.1) is 5.02 Å². The molecule has 0 radical (unpaired) electrons. The average Bonchev–Trinajstić information content (AvgIpc) is 3.24. The SMILES string of the molecule is CCN(CC)C(=O)C1CCC(C(=O)Nc2c(C(=O)Nc3ccc(Cl)cn3)oc3ccccc23)CC1. The normalized spacial score (nSPS) is 17.7. The third-order valence-corrected chi connectivity index (χ3v) is 6.76. The first-order chi connectivity index (χ1) is 16.9. The molecule has 2 aromatic heterocycles. The van der Waals surface area contributed by atoms with Crippen LogP contribution in [0.3, 0.4) is 0 Å². The zero-order valence-electron chi connectivity index (χ0n) is 19.8. The molecule has 0 aliphatic heterocycles. The summed E-state index contributed by atoms with van der Waals surface area (Å²) >= 11 is 5.87. The van der Waals surface area contributed by atoms with E-state index in [0.717, 1.165) is 0 Å². The lowest BCUT2D eigenvalue weighted by Crippen LogP contribution is -2.38. The number of hydrogen-bond donors (Lipinski definition) is 2. The lowest BCUT2D eigenvalue weighted by atomic mass is 9.81. The molecule has 9 heteroatoms. The molecule has 0 spiro atoms. The van der Waals surface area contributed by atoms with Crippen LogP contribution in [0.2, 0.25) is 5.02 Å². The fourth-order valence-corrected chi connectivity index (χ4v) is 4.69. The monoisotopic (exact) mass is 496 g/mol. The van der Waals surface area contributed by atoms with Crippen molar-refractivity contribution in [2.24, 2.45) is 11.8 Å². The smallest absolute Gasteiger partial charge is 0.294 e. The number of hydrogen-bond acceptors (Lipinski definition) is 5. The average molecular weight is 497 g/mol. The standard InChI is InChI=1S/C26H29ClN4O4/c1-3-31(4-2)26(34)17-11-9-16(10-12-17)24(32)30-22-19-7-5-6-8-20(19)35-23(22)25(33)29-21-14-13-18(27)15-28-21/h5-8,13-17H,3-4,9-12H2,1-2H3,(H,30,32)(H,28,29,33). The Balaban J connectivity index is 1.49. The van der Waals surface area contributed by atoms with Crippen LogP contribution in [0.1, 0.15) is 50.1 Å². The Labute approximate surface area is 209 Å². The van der Waals surface area contributed by atoms with E-state index in [1.165, 1.54) is 6.20 Å². The van der Waals surface area contributed by atoms with Crippen LogP contribution in [0.25, 0.3) is 11.0 Å². The van der Waals surface area contributed by atoms with E-state index < -0.39 is 5.91 Å². The van der Waals surface area contributed by atoms with Gasteiger partial charge in [-0.25, -0.2) is 4.98 Å². The van der Waals surface area contributed by atoms with E-state index in [1.807, 2.05) is 24.8 Å². The quantitative estimate of drug-likeness (QED) is 0.459. The van der Waals surface area contributed by atoms with E-state index >= 15 is 0 Å². The van der Waals surface area contributed by atoms with Gasteiger partial charge in [-0.3, -0.25) is 14.4 Å². The summed E-state index contributed by atoms with van der Waals surface area (Å²) < 4.78 is 5.81. The highest BCUT2D eigenvalue weighted by Crippen LogP contribution is 2.35. The van der Waals surface area contributed by atoms with Gasteiger partial charge in [-0.05, 0) is 63.8 Å². The minimum Gasteiger partial charge on any atom is -0.449 e. The largest absolute Gasteiger partial charge is 0.449 e. The molecule has 0 unspecified atom stereocenters. The van der Waals surface area contributed by atoms with Gasteiger partial charge in [0, 0.05) is 36.5 Å². The molecule has 0 bridgehead atoms. The van der Waals surface area contributed by atoms with Gasteiger partial charge in [0.15, 0.2) is 0 Å². The Bertz CT molecular complexity index is 1210. The number of carbonyl (C=O) groups excluding carboxylic acids is 3. The fraction of sp³-hybridized carbons (Fsp3) is 0.385. The Morgan fingerprint density at radius 2 is 1.69 bits per heavy atom. The van der Waals surface area contributed by atoms with Crippen molar-refractivity contribution >= 4 is 51.8 Å². The van der Waals surface area contributed by atoms with Crippen LogP contribution < -0.4 is 10.6 Å². The number of amides is 3. The molecule has 1 aliphatic carbocycles. The second kappa shape index (κ2) is 10.9. The van der Waals surface area contributed by atoms with Gasteiger partial charge in [-0.15, -0.1) is 0 Å². The Morgan fingerprint density at radius 1 is 1.00 bits per heavy atom. The van der Waals surface area contributed by atoms with Gasteiger partial charge in [-0.2, -0.15) is 0 Å². The molecular weight excluding hydrogens is 468 g/mol. The Hall–Kier alpha value is -3.39. The molecule has 0 saturated heterocycles. The predicted octanol–water partition coefficient (Wildman–Crippen LogP) is 5.35. The van der Waals surface area contributed by atoms with Crippen molar-refractivity contribution in [2.75, 3.05) is 23.7 Å². The number of anilines is 2. The van der Waals surface area contributed by atoms with E-state index in [0.29, 0.717) is 66.3 Å². The molecule has 4 rings (SSSR count). The summed E-state index contributed by atoms with van der Waals surface area (Å²) in [5.74, 6) is -0.497. The maximum atomic E-state index is 13.2. The molecular formula is C26H29ClN4O4. The zero-order chi connectivity index (χ0) is 24.9. The van der Waals surface area contributed by atoms with Crippen molar-refractivity contribution in [1.82, 2.24) is 9.88 Å². The predicted molar refractivity (Wildman–Crippen MR) is 135 cm³/mol. The summed E-state index contributed by atoms with van der Waals surface area (Å²) in [7, 11) is 0. The number of halogens is 1. The maximum Gasteiger partial charge on any atom is 0.294 e. The van der Waals surface area contributed by atoms with E-state index in [9.17, 15) is 14.4 Å². The third-order valence-electron chi connectivity index (χ3n) is 6.54. The molecule has 1 saturated carbocycles. The highest BCUT2D eigenvalue weighted by atomic mass is 35.5. The third kappa shape index (κ3) is 5.48. The maximum absolute atomic E-state index is 13.2. The van der Waals surface area contributed by atoms with Crippen LogP contribution in [0.4, 0.5) is 11.5 Å². The summed E-state index contributed by atoms with van der Waals surface area (Å²) in [4.78, 5) is 44.8. The van der Waals surface area contributed by atoms with Crippen molar-refractivity contribution in [3.8, 4) is 0 Å². The number of nitrogens with one attached hydrogen (secondary N) is 2. The van der Waals surface area contributed by atoms with Crippen molar-refractivity contribution in [1.29, 1.82) is 0 Å². The van der Waals surface area contributed by atoms with E-state index in [1.54, 1.807) is 30.3 Å². The molecule has 8 nitrogen and oxygen atoms in total. The lowest BCUT2D eigenvalue weighted by Gasteiger charge is -2.30. The number of furan rings is 1. The zero-order valence-corrected chi connectivity index (χ0v) is 20.6. The summed E-state index contributed by atoms with van der Waals surface area (Å²) in [5, 5.41) is 6.71. The molecule has 1 fully saturated rings. The minimum atomic E-state index is -0.528. The summed E-state index contributed by atoms with van der Waals surface area (Å²) in [6.07, 6.45) is 4.02. The van der Waals surface area contributed by atoms with Gasteiger partial charge in [0.25, 0.3) is 5.91 Å². The van der Waals surface area contributed by atoms with Crippen molar-refractivity contribution in [2.45, 2.75) is 39.5 Å². The second-order valence-electron chi connectivity index (χ2n) is 8.67. The van der Waals surface area contributed by atoms with Crippen LogP contribution in [-0.4, -0.2) is 40.7 Å². The van der Waals surface area contributed by atoms with Crippen molar-refractivity contribution in [3.63, 3.8) is 0 Å². The Kier molecular flexibility index (Phi) is 7.70. The van der Waals surface area contributed by atoms with Crippen LogP contribution in [0.5, 0.6) is 0 Å². The van der Waals surface area contributed by atoms with Gasteiger partial charge in [0.2, 0.25) is 17.6 Å². The molecule has 2 N–H and O–H groups in total. The fourth-order valence-electron chi connectivity index (χ4n) is 4.57. The van der Waals surface area contributed by atoms with Crippen LogP contribution >= 0.6 is 11.6 Å². The van der Waals surface area contributed by atoms with Crippen LogP contribution in [0, 0.1) is 11.8 Å². The number of nitrogens with zero attached hydrogens (tertiary/aromatic N) is 2. The summed E-state index contributed by atoms with van der Waals surface area (Å²) in [6, 6.07) is 10.4. The molecule has 3 aromatic rings. The second-order valence-corrected chi connectivity index (χ2v) is 9.10. The molecule has 35 heavy (non-hydrogen) atoms. The first-order valence-electron chi connectivity index (χ1n) is 11.9. The van der Waals surface area contributed by atoms with Crippen LogP contribution in [-0.2, 0) is 9.59 Å². The molecule has 184 valence electrons. The topological polar surface area (TPSA) is 105 Å². The van der Waals surface area contributed by atoms with E-state index in [-0.39, 0.29) is 29.4 Å². The molecule has 0 atom stereocenters.